The van der Waals surface area contributed by atoms with Crippen molar-refractivity contribution in [2.24, 2.45) is 0 Å². The first kappa shape index (κ1) is 40.2. The van der Waals surface area contributed by atoms with E-state index >= 15 is 0 Å². The molecule has 49 heavy (non-hydrogen) atoms. The van der Waals surface area contributed by atoms with Crippen LogP contribution in [0.5, 0.6) is 0 Å². The molecule has 0 spiro atoms. The van der Waals surface area contributed by atoms with Crippen molar-refractivity contribution in [3.63, 3.8) is 0 Å². The number of carbonyl (C=O) groups is 2. The summed E-state index contributed by atoms with van der Waals surface area (Å²) in [5.41, 5.74) is -3.70. The number of nitrogens with zero attached hydrogens (tertiary/aromatic N) is 2. The van der Waals surface area contributed by atoms with Crippen molar-refractivity contribution in [3.05, 3.63) is 105 Å². The van der Waals surface area contributed by atoms with Crippen molar-refractivity contribution in [2.45, 2.75) is 56.2 Å². The van der Waals surface area contributed by atoms with Gasteiger partial charge in [0, 0.05) is 39.5 Å². The fourth-order valence-corrected chi connectivity index (χ4v) is 6.67. The quantitative estimate of drug-likeness (QED) is 0.236. The van der Waals surface area contributed by atoms with Crippen LogP contribution in [0.4, 0.5) is 31.1 Å². The average molecular weight is 757 g/mol. The Hall–Kier alpha value is -3.23. The summed E-state index contributed by atoms with van der Waals surface area (Å²) in [6.07, 6.45) is -9.49. The fraction of sp³-hybridized carbons (Fsp3) is 0.394. The zero-order chi connectivity index (χ0) is 34.2. The van der Waals surface area contributed by atoms with Crippen LogP contribution in [0.2, 0.25) is 10.0 Å². The molecule has 0 radical (unpaired) electrons. The van der Waals surface area contributed by atoms with E-state index in [1.54, 1.807) is 12.1 Å². The van der Waals surface area contributed by atoms with Crippen molar-refractivity contribution in [2.75, 3.05) is 26.2 Å². The number of likely N-dealkylation sites (tertiary alicyclic amines) is 1. The van der Waals surface area contributed by atoms with E-state index in [0.29, 0.717) is 50.2 Å². The molecule has 2 amide bonds. The highest BCUT2D eigenvalue weighted by molar-refractivity contribution is 6.42. The molecule has 0 saturated carbocycles. The molecule has 268 valence electrons. The molecule has 16 heteroatoms. The maximum atomic E-state index is 13.5. The number of hydrogen-bond acceptors (Lipinski definition) is 4. The zero-order valence-electron chi connectivity index (χ0n) is 26.1. The van der Waals surface area contributed by atoms with Crippen LogP contribution in [0, 0.1) is 0 Å². The van der Waals surface area contributed by atoms with Crippen LogP contribution in [0.1, 0.15) is 54.0 Å². The molecule has 7 nitrogen and oxygen atoms in total. The van der Waals surface area contributed by atoms with E-state index in [1.165, 1.54) is 13.0 Å². The van der Waals surface area contributed by atoms with Gasteiger partial charge < -0.3 is 20.4 Å². The summed E-state index contributed by atoms with van der Waals surface area (Å²) in [4.78, 5) is 28.6. The summed E-state index contributed by atoms with van der Waals surface area (Å²) < 4.78 is 86.9. The molecule has 0 bridgehead atoms. The van der Waals surface area contributed by atoms with Crippen LogP contribution in [0.25, 0.3) is 0 Å². The van der Waals surface area contributed by atoms with Gasteiger partial charge in [-0.3, -0.25) is 9.69 Å². The number of benzene rings is 3. The Morgan fingerprint density at radius 1 is 0.878 bits per heavy atom. The number of rotatable bonds is 8. The van der Waals surface area contributed by atoms with Crippen LogP contribution in [0.3, 0.4) is 0 Å². The molecule has 1 unspecified atom stereocenters. The molecular formula is C33H34Cl3F6N3O4. The fourth-order valence-electron chi connectivity index (χ4n) is 6.37. The van der Waals surface area contributed by atoms with Gasteiger partial charge in [-0.15, -0.1) is 12.4 Å². The highest BCUT2D eigenvalue weighted by atomic mass is 35.5. The van der Waals surface area contributed by atoms with Gasteiger partial charge in [-0.25, -0.2) is 4.79 Å². The highest BCUT2D eigenvalue weighted by Gasteiger charge is 2.48. The van der Waals surface area contributed by atoms with Gasteiger partial charge in [0.2, 0.25) is 5.91 Å². The lowest BCUT2D eigenvalue weighted by Crippen LogP contribution is -2.53. The number of carbonyl (C=O) groups excluding carboxylic acids is 2. The molecule has 5 rings (SSSR count). The van der Waals surface area contributed by atoms with Crippen molar-refractivity contribution in [1.29, 1.82) is 0 Å². The first-order chi connectivity index (χ1) is 22.0. The number of halogens is 9. The molecule has 0 aliphatic carbocycles. The smallest absolute Gasteiger partial charge is 0.416 e. The number of ether oxygens (including phenoxy) is 1. The zero-order valence-corrected chi connectivity index (χ0v) is 28.4. The van der Waals surface area contributed by atoms with Gasteiger partial charge in [0.1, 0.15) is 0 Å². The minimum Gasteiger partial charge on any atom is -0.436 e. The second kappa shape index (κ2) is 15.3. The molecule has 2 aliphatic rings. The predicted molar refractivity (Wildman–Crippen MR) is 175 cm³/mol. The van der Waals surface area contributed by atoms with Crippen LogP contribution >= 0.6 is 35.6 Å². The molecule has 2 saturated heterocycles. The number of cyclic esters (lactones) is 1. The van der Waals surface area contributed by atoms with E-state index in [4.69, 9.17) is 27.9 Å². The van der Waals surface area contributed by atoms with Gasteiger partial charge in [-0.2, -0.15) is 26.3 Å². The van der Waals surface area contributed by atoms with Gasteiger partial charge in [0.15, 0.2) is 5.60 Å². The molecule has 3 aromatic rings. The summed E-state index contributed by atoms with van der Waals surface area (Å²) in [6, 6.07) is 15.6. The normalized spacial score (nSPS) is 19.4. The van der Waals surface area contributed by atoms with Crippen LogP contribution in [0.15, 0.2) is 66.7 Å². The summed E-state index contributed by atoms with van der Waals surface area (Å²) in [7, 11) is 0. The van der Waals surface area contributed by atoms with Crippen molar-refractivity contribution >= 4 is 47.6 Å². The van der Waals surface area contributed by atoms with E-state index in [9.17, 15) is 35.9 Å². The highest BCUT2D eigenvalue weighted by Crippen LogP contribution is 2.42. The van der Waals surface area contributed by atoms with Crippen LogP contribution in [-0.4, -0.2) is 53.5 Å². The van der Waals surface area contributed by atoms with Gasteiger partial charge in [0.25, 0.3) is 0 Å². The lowest BCUT2D eigenvalue weighted by atomic mass is 9.80. The molecule has 2 heterocycles. The molecule has 2 aliphatic heterocycles. The van der Waals surface area contributed by atoms with E-state index in [0.717, 1.165) is 10.5 Å². The molecule has 3 aromatic carbocycles. The van der Waals surface area contributed by atoms with E-state index in [-0.39, 0.29) is 58.4 Å². The molecule has 2 fully saturated rings. The minimum atomic E-state index is -5.03. The molecule has 1 atom stereocenters. The van der Waals surface area contributed by atoms with Crippen molar-refractivity contribution in [3.8, 4) is 0 Å². The summed E-state index contributed by atoms with van der Waals surface area (Å²) in [6.45, 7) is 2.38. The predicted octanol–water partition coefficient (Wildman–Crippen LogP) is 7.99. The number of piperidine rings is 1. The SMILES string of the molecule is CC(=O)NC1(c2ccccc2)CCN(CCC2(c3ccc(Cl)c(Cl)c3)CN(Cc3cc(C(F)(F)F)cc(C(F)(F)F)c3)C(=O)O2)CC1.Cl.O. The molecular weight excluding hydrogens is 723 g/mol. The van der Waals surface area contributed by atoms with Gasteiger partial charge in [0.05, 0.1) is 33.3 Å². The lowest BCUT2D eigenvalue weighted by Gasteiger charge is -2.43. The number of hydrogen-bond donors (Lipinski definition) is 1. The number of nitrogens with one attached hydrogen (secondary N) is 1. The standard InChI is InChI=1S/C33H31Cl2F6N3O3.ClH.H2O/c1-21(45)42-30(23-5-3-2-4-6-23)9-12-43(13-10-30)14-11-31(24-7-8-27(34)28(35)18-24)20-44(29(46)47-31)19-22-15-25(32(36,37)38)17-26(16-22)33(39,40)41;;/h2-8,15-18H,9-14,19-20H2,1H3,(H,42,45);1H;1H2. The van der Waals surface area contributed by atoms with Gasteiger partial charge in [-0.05, 0) is 59.9 Å². The summed E-state index contributed by atoms with van der Waals surface area (Å²) in [5.74, 6) is -0.151. The largest absolute Gasteiger partial charge is 0.436 e. The Morgan fingerprint density at radius 3 is 2.00 bits per heavy atom. The third-order valence-electron chi connectivity index (χ3n) is 8.74. The first-order valence-corrected chi connectivity index (χ1v) is 15.5. The Kier molecular flexibility index (Phi) is 12.6. The van der Waals surface area contributed by atoms with Crippen molar-refractivity contribution in [1.82, 2.24) is 15.1 Å². The average Bonchev–Trinajstić information content (AvgIpc) is 3.32. The number of alkyl halides is 6. The van der Waals surface area contributed by atoms with Crippen LogP contribution < -0.4 is 5.32 Å². The van der Waals surface area contributed by atoms with Crippen molar-refractivity contribution < 1.29 is 46.1 Å². The monoisotopic (exact) mass is 755 g/mol. The Labute approximate surface area is 295 Å². The van der Waals surface area contributed by atoms with E-state index < -0.39 is 47.3 Å². The molecule has 3 N–H and O–H groups in total. The maximum Gasteiger partial charge on any atom is 0.416 e. The first-order valence-electron chi connectivity index (χ1n) is 14.8. The third-order valence-corrected chi connectivity index (χ3v) is 9.48. The van der Waals surface area contributed by atoms with Gasteiger partial charge >= 0.3 is 18.4 Å². The summed E-state index contributed by atoms with van der Waals surface area (Å²) in [5, 5.41) is 3.56. The van der Waals surface area contributed by atoms with E-state index in [2.05, 4.69) is 10.2 Å². The molecule has 0 aromatic heterocycles. The minimum absolute atomic E-state index is 0. The van der Waals surface area contributed by atoms with Gasteiger partial charge in [-0.1, -0.05) is 59.6 Å². The van der Waals surface area contributed by atoms with E-state index in [1.807, 2.05) is 30.3 Å². The lowest BCUT2D eigenvalue weighted by molar-refractivity contribution is -0.143. The maximum absolute atomic E-state index is 13.5. The Morgan fingerprint density at radius 2 is 1.47 bits per heavy atom. The Bertz CT molecular complexity index is 1600. The second-order valence-electron chi connectivity index (χ2n) is 12.0. The second-order valence-corrected chi connectivity index (χ2v) is 12.8. The number of amides is 2. The Balaban J connectivity index is 0.00000325. The summed E-state index contributed by atoms with van der Waals surface area (Å²) >= 11 is 12.5. The third kappa shape index (κ3) is 9.12. The topological polar surface area (TPSA) is 93.4 Å². The van der Waals surface area contributed by atoms with Crippen LogP contribution in [-0.2, 0) is 39.6 Å².